The summed E-state index contributed by atoms with van der Waals surface area (Å²) in [6.07, 6.45) is 6.24. The van der Waals surface area contributed by atoms with E-state index < -0.39 is 5.41 Å². The van der Waals surface area contributed by atoms with Crippen LogP contribution in [0, 0.1) is 23.7 Å². The molecule has 3 saturated carbocycles. The zero-order valence-corrected chi connectivity index (χ0v) is 34.3. The van der Waals surface area contributed by atoms with E-state index in [2.05, 4.69) is 177 Å². The van der Waals surface area contributed by atoms with Gasteiger partial charge < -0.3 is 4.74 Å². The van der Waals surface area contributed by atoms with Crippen molar-refractivity contribution in [2.75, 3.05) is 0 Å². The van der Waals surface area contributed by atoms with Crippen molar-refractivity contribution in [2.24, 2.45) is 23.7 Å². The first-order valence-electron chi connectivity index (χ1n) is 22.2. The molecule has 5 atom stereocenters. The van der Waals surface area contributed by atoms with Crippen molar-refractivity contribution < 1.29 is 4.74 Å². The highest BCUT2D eigenvalue weighted by molar-refractivity contribution is 5.92. The van der Waals surface area contributed by atoms with Crippen molar-refractivity contribution >= 4 is 0 Å². The molecular formula is C57H45N3O. The van der Waals surface area contributed by atoms with E-state index in [0.717, 1.165) is 81.0 Å². The fourth-order valence-corrected chi connectivity index (χ4v) is 12.8. The molecule has 1 spiro atoms. The molecule has 3 fully saturated rings. The maximum atomic E-state index is 6.60. The fourth-order valence-electron chi connectivity index (χ4n) is 12.8. The summed E-state index contributed by atoms with van der Waals surface area (Å²) in [6.45, 7) is 2.46. The first-order chi connectivity index (χ1) is 30.1. The number of fused-ring (bicyclic) bond motifs is 10. The number of aromatic nitrogens is 3. The Bertz CT molecular complexity index is 3010. The van der Waals surface area contributed by atoms with E-state index in [9.17, 15) is 0 Å². The van der Waals surface area contributed by atoms with Crippen LogP contribution >= 0.6 is 0 Å². The van der Waals surface area contributed by atoms with Gasteiger partial charge in [0.15, 0.2) is 11.6 Å². The summed E-state index contributed by atoms with van der Waals surface area (Å²) in [5.41, 5.74) is 13.5. The Morgan fingerprint density at radius 3 is 1.89 bits per heavy atom. The maximum absolute atomic E-state index is 6.60. The van der Waals surface area contributed by atoms with Gasteiger partial charge in [0.25, 0.3) is 0 Å². The van der Waals surface area contributed by atoms with Gasteiger partial charge in [-0.2, -0.15) is 0 Å². The van der Waals surface area contributed by atoms with Crippen LogP contribution in [-0.2, 0) is 10.8 Å². The predicted octanol–water partition coefficient (Wildman–Crippen LogP) is 13.7. The van der Waals surface area contributed by atoms with Crippen molar-refractivity contribution in [3.8, 4) is 67.7 Å². The number of ether oxygens (including phenoxy) is 1. The molecule has 0 radical (unpaired) electrons. The molecule has 3 unspecified atom stereocenters. The van der Waals surface area contributed by atoms with E-state index in [-0.39, 0.29) is 5.41 Å². The van der Waals surface area contributed by atoms with E-state index in [4.69, 9.17) is 19.7 Å². The zero-order valence-electron chi connectivity index (χ0n) is 34.3. The first-order valence-corrected chi connectivity index (χ1v) is 22.2. The molecule has 2 heterocycles. The quantitative estimate of drug-likeness (QED) is 0.174. The predicted molar refractivity (Wildman–Crippen MR) is 243 cm³/mol. The van der Waals surface area contributed by atoms with Crippen molar-refractivity contribution in [2.45, 2.75) is 49.9 Å². The van der Waals surface area contributed by atoms with Gasteiger partial charge in [-0.1, -0.05) is 153 Å². The molecule has 1 aromatic heterocycles. The van der Waals surface area contributed by atoms with E-state index in [1.54, 1.807) is 0 Å². The van der Waals surface area contributed by atoms with E-state index in [1.807, 2.05) is 0 Å². The van der Waals surface area contributed by atoms with E-state index in [0.29, 0.717) is 5.92 Å². The molecule has 8 aromatic rings. The second-order valence-corrected chi connectivity index (χ2v) is 18.6. The lowest BCUT2D eigenvalue weighted by molar-refractivity contribution is 0.0777. The fraction of sp³-hybridized carbons (Fsp3) is 0.211. The van der Waals surface area contributed by atoms with Gasteiger partial charge in [0.2, 0.25) is 0 Å². The lowest BCUT2D eigenvalue weighted by atomic mass is 9.63. The Hall–Kier alpha value is -6.65. The van der Waals surface area contributed by atoms with Crippen LogP contribution in [0.5, 0.6) is 11.5 Å². The second kappa shape index (κ2) is 13.2. The lowest BCUT2D eigenvalue weighted by Crippen LogP contribution is -2.34. The third-order valence-corrected chi connectivity index (χ3v) is 15.2. The topological polar surface area (TPSA) is 47.9 Å². The Labute approximate surface area is 357 Å². The van der Waals surface area contributed by atoms with Crippen LogP contribution in [0.25, 0.3) is 56.2 Å². The molecular weight excluding hydrogens is 743 g/mol. The zero-order chi connectivity index (χ0) is 40.3. The molecule has 4 aliphatic carbocycles. The Kier molecular flexibility index (Phi) is 7.59. The highest BCUT2D eigenvalue weighted by Crippen LogP contribution is 2.65. The summed E-state index contributed by atoms with van der Waals surface area (Å²) in [5.74, 6) is 7.43. The average Bonchev–Trinajstić information content (AvgIpc) is 3.73. The molecule has 2 bridgehead atoms. The largest absolute Gasteiger partial charge is 0.457 e. The van der Waals surface area contributed by atoms with Gasteiger partial charge in [-0.3, -0.25) is 0 Å². The van der Waals surface area contributed by atoms with Crippen LogP contribution in [0.2, 0.25) is 0 Å². The molecule has 294 valence electrons. The molecule has 1 aliphatic heterocycles. The van der Waals surface area contributed by atoms with Gasteiger partial charge in [-0.15, -0.1) is 0 Å². The van der Waals surface area contributed by atoms with Crippen LogP contribution in [0.1, 0.15) is 67.1 Å². The van der Waals surface area contributed by atoms with Crippen molar-refractivity contribution in [3.05, 3.63) is 198 Å². The summed E-state index contributed by atoms with van der Waals surface area (Å²) in [5, 5.41) is 0. The number of hydrogen-bond acceptors (Lipinski definition) is 4. The average molecular weight is 788 g/mol. The Balaban J connectivity index is 0.997. The molecule has 4 nitrogen and oxygen atoms in total. The molecule has 0 amide bonds. The number of hydrogen-bond donors (Lipinski definition) is 0. The van der Waals surface area contributed by atoms with Crippen LogP contribution in [-0.4, -0.2) is 15.0 Å². The van der Waals surface area contributed by atoms with Crippen molar-refractivity contribution in [1.29, 1.82) is 0 Å². The van der Waals surface area contributed by atoms with Gasteiger partial charge in [0.1, 0.15) is 17.3 Å². The van der Waals surface area contributed by atoms with Crippen molar-refractivity contribution in [3.63, 3.8) is 0 Å². The van der Waals surface area contributed by atoms with Gasteiger partial charge in [-0.05, 0) is 125 Å². The van der Waals surface area contributed by atoms with Crippen LogP contribution in [0.15, 0.2) is 170 Å². The molecule has 13 rings (SSSR count). The van der Waals surface area contributed by atoms with E-state index in [1.165, 1.54) is 64.6 Å². The van der Waals surface area contributed by atoms with Gasteiger partial charge in [0.05, 0.1) is 5.41 Å². The lowest BCUT2D eigenvalue weighted by Gasteiger charge is -2.42. The highest BCUT2D eigenvalue weighted by atomic mass is 16.5. The van der Waals surface area contributed by atoms with Gasteiger partial charge in [0, 0.05) is 27.7 Å². The third kappa shape index (κ3) is 5.15. The minimum Gasteiger partial charge on any atom is -0.457 e. The summed E-state index contributed by atoms with van der Waals surface area (Å²) in [6, 6.07) is 61.3. The van der Waals surface area contributed by atoms with Crippen LogP contribution in [0.4, 0.5) is 0 Å². The summed E-state index contributed by atoms with van der Waals surface area (Å²) in [7, 11) is 0. The summed E-state index contributed by atoms with van der Waals surface area (Å²) < 4.78 is 6.60. The summed E-state index contributed by atoms with van der Waals surface area (Å²) >= 11 is 0. The molecule has 4 heteroatoms. The molecule has 61 heavy (non-hydrogen) atoms. The van der Waals surface area contributed by atoms with Crippen LogP contribution < -0.4 is 4.74 Å². The monoisotopic (exact) mass is 787 g/mol. The van der Waals surface area contributed by atoms with Crippen molar-refractivity contribution in [1.82, 2.24) is 15.0 Å². The second-order valence-electron chi connectivity index (χ2n) is 18.6. The SMILES string of the molecule is C[C@@H]1C[C@H]2CC3CC(c4nc(-c5cccc(-c6ccccc6)c5)nc(-c5ccccc5-c5ccc6c(c5)-c5ccccc5C65c6ccccc6Oc6ccccc65)n4)(CC32)C1. The molecule has 0 N–H and O–H groups in total. The summed E-state index contributed by atoms with van der Waals surface area (Å²) in [4.78, 5) is 16.6. The van der Waals surface area contributed by atoms with E-state index >= 15 is 0 Å². The number of rotatable bonds is 5. The molecule has 0 saturated heterocycles. The number of nitrogens with zero attached hydrogens (tertiary/aromatic N) is 3. The standard InChI is InChI=1S/C57H45N3O/c1-35-28-40-30-41-33-56(32-35,34-46(40)41)55-59-53(39-17-13-16-37(29-39)36-14-3-2-4-15-36)58-54(60-55)44-20-6-5-18-42(44)38-26-27-48-45(31-38)43-19-7-8-21-47(43)57(48)49-22-9-11-24-51(49)61-52-25-12-10-23-50(52)57/h2-27,29,31,35,40-41,46H,28,30,32-34H2,1H3/t35-,40+,41?,46?,56?/m1/s1. The maximum Gasteiger partial charge on any atom is 0.164 e. The van der Waals surface area contributed by atoms with Crippen LogP contribution in [0.3, 0.4) is 0 Å². The highest BCUT2D eigenvalue weighted by Gasteiger charge is 2.58. The normalized spacial score (nSPS) is 23.2. The Morgan fingerprint density at radius 1 is 0.443 bits per heavy atom. The number of benzene rings is 7. The minimum absolute atomic E-state index is 0.0275. The minimum atomic E-state index is -0.503. The molecule has 5 aliphatic rings. The molecule has 7 aromatic carbocycles. The third-order valence-electron chi connectivity index (χ3n) is 15.2. The Morgan fingerprint density at radius 2 is 1.08 bits per heavy atom. The smallest absolute Gasteiger partial charge is 0.164 e. The van der Waals surface area contributed by atoms with Gasteiger partial charge >= 0.3 is 0 Å². The van der Waals surface area contributed by atoms with Gasteiger partial charge in [-0.25, -0.2) is 15.0 Å². The first kappa shape index (κ1) is 35.1. The number of para-hydroxylation sites is 2.